The number of carbonyl (C=O) groups is 1. The quantitative estimate of drug-likeness (QED) is 0.743. The summed E-state index contributed by atoms with van der Waals surface area (Å²) in [5, 5.41) is 2.64. The molecule has 1 aromatic rings. The third kappa shape index (κ3) is 5.51. The number of amides is 1. The molecular formula is C14H20BrCl2F2N3OS. The minimum absolute atomic E-state index is 0. The largest absolute Gasteiger partial charge is 0.339 e. The van der Waals surface area contributed by atoms with Gasteiger partial charge in [0.25, 0.3) is 5.92 Å². The lowest BCUT2D eigenvalue weighted by atomic mass is 10.1. The molecule has 0 bridgehead atoms. The fraction of sp³-hybridized carbons (Fsp3) is 0.643. The monoisotopic (exact) mass is 465 g/mol. The van der Waals surface area contributed by atoms with E-state index in [1.165, 1.54) is 4.88 Å². The van der Waals surface area contributed by atoms with Crippen molar-refractivity contribution in [2.45, 2.75) is 24.9 Å². The van der Waals surface area contributed by atoms with Gasteiger partial charge in [-0.25, -0.2) is 8.78 Å². The van der Waals surface area contributed by atoms with E-state index in [-0.39, 0.29) is 37.1 Å². The summed E-state index contributed by atoms with van der Waals surface area (Å²) in [6.07, 6.45) is -0.380. The highest BCUT2D eigenvalue weighted by atomic mass is 79.9. The van der Waals surface area contributed by atoms with E-state index in [9.17, 15) is 13.6 Å². The molecule has 3 heterocycles. The Morgan fingerprint density at radius 3 is 2.46 bits per heavy atom. The Hall–Kier alpha value is 0.01000. The Kier molecular flexibility index (Phi) is 8.36. The minimum Gasteiger partial charge on any atom is -0.339 e. The molecule has 0 radical (unpaired) electrons. The van der Waals surface area contributed by atoms with Gasteiger partial charge in [-0.1, -0.05) is 0 Å². The molecule has 0 saturated carbocycles. The molecule has 1 amide bonds. The lowest BCUT2D eigenvalue weighted by molar-refractivity contribution is -0.135. The first-order valence-corrected chi connectivity index (χ1v) is 8.90. The number of thiophene rings is 1. The summed E-state index contributed by atoms with van der Waals surface area (Å²) in [5.41, 5.74) is 0. The summed E-state index contributed by atoms with van der Waals surface area (Å²) in [4.78, 5) is 17.5. The molecule has 1 aromatic heterocycles. The van der Waals surface area contributed by atoms with Crippen LogP contribution >= 0.6 is 52.1 Å². The third-order valence-electron chi connectivity index (χ3n) is 4.10. The van der Waals surface area contributed by atoms with Crippen LogP contribution in [0.5, 0.6) is 0 Å². The zero-order valence-corrected chi connectivity index (χ0v) is 16.9. The standard InChI is InChI=1S/C14H18BrF2N3OS.2ClH/c15-12-2-1-10(22-12)8-19-3-5-20(6-4-19)13(21)11-7-14(16,17)9-18-11;;/h1-2,11,18H,3-9H2;2*1H. The number of alkyl halides is 2. The molecule has 0 aromatic carbocycles. The summed E-state index contributed by atoms with van der Waals surface area (Å²) in [6.45, 7) is 3.26. The number of halogens is 5. The summed E-state index contributed by atoms with van der Waals surface area (Å²) >= 11 is 5.16. The maximum Gasteiger partial charge on any atom is 0.262 e. The van der Waals surface area contributed by atoms with Gasteiger partial charge in [-0.05, 0) is 28.1 Å². The SMILES string of the molecule is Cl.Cl.O=C(C1CC(F)(F)CN1)N1CCN(Cc2ccc(Br)s2)CC1. The molecule has 2 aliphatic rings. The van der Waals surface area contributed by atoms with E-state index >= 15 is 0 Å². The summed E-state index contributed by atoms with van der Waals surface area (Å²) in [5.74, 6) is -2.94. The normalized spacial score (nSPS) is 23.5. The van der Waals surface area contributed by atoms with Crippen molar-refractivity contribution >= 4 is 58.0 Å². The van der Waals surface area contributed by atoms with Crippen LogP contribution in [-0.4, -0.2) is 60.4 Å². The van der Waals surface area contributed by atoms with Gasteiger partial charge in [0.15, 0.2) is 0 Å². The van der Waals surface area contributed by atoms with E-state index in [4.69, 9.17) is 0 Å². The Balaban J connectivity index is 0.00000144. The first-order valence-electron chi connectivity index (χ1n) is 7.29. The predicted molar refractivity (Wildman–Crippen MR) is 99.7 cm³/mol. The van der Waals surface area contributed by atoms with Crippen molar-refractivity contribution in [3.63, 3.8) is 0 Å². The fourth-order valence-corrected chi connectivity index (χ4v) is 4.42. The highest BCUT2D eigenvalue weighted by molar-refractivity contribution is 9.11. The smallest absolute Gasteiger partial charge is 0.262 e. The number of nitrogens with zero attached hydrogens (tertiary/aromatic N) is 2. The van der Waals surface area contributed by atoms with E-state index in [1.54, 1.807) is 16.2 Å². The van der Waals surface area contributed by atoms with Crippen molar-refractivity contribution in [3.05, 3.63) is 20.8 Å². The molecule has 3 rings (SSSR count). The third-order valence-corrected chi connectivity index (χ3v) is 5.71. The molecule has 0 spiro atoms. The van der Waals surface area contributed by atoms with Crippen molar-refractivity contribution in [1.82, 2.24) is 15.1 Å². The molecule has 4 nitrogen and oxygen atoms in total. The van der Waals surface area contributed by atoms with Gasteiger partial charge in [-0.15, -0.1) is 36.2 Å². The molecule has 2 fully saturated rings. The number of hydrogen-bond donors (Lipinski definition) is 1. The molecule has 2 saturated heterocycles. The van der Waals surface area contributed by atoms with Crippen molar-refractivity contribution in [2.24, 2.45) is 0 Å². The van der Waals surface area contributed by atoms with Crippen LogP contribution in [0.2, 0.25) is 0 Å². The molecule has 1 N–H and O–H groups in total. The first-order chi connectivity index (χ1) is 10.4. The minimum atomic E-state index is -2.76. The Bertz CT molecular complexity index is 556. The molecule has 0 aliphatic carbocycles. The average Bonchev–Trinajstić information content (AvgIpc) is 3.04. The predicted octanol–water partition coefficient (Wildman–Crippen LogP) is 3.00. The zero-order chi connectivity index (χ0) is 15.7. The maximum atomic E-state index is 13.2. The fourth-order valence-electron chi connectivity index (χ4n) is 2.89. The Morgan fingerprint density at radius 2 is 1.96 bits per heavy atom. The highest BCUT2D eigenvalue weighted by Gasteiger charge is 2.43. The van der Waals surface area contributed by atoms with Gasteiger partial charge < -0.3 is 4.90 Å². The van der Waals surface area contributed by atoms with E-state index < -0.39 is 18.5 Å². The highest BCUT2D eigenvalue weighted by Crippen LogP contribution is 2.27. The summed E-state index contributed by atoms with van der Waals surface area (Å²) in [7, 11) is 0. The topological polar surface area (TPSA) is 35.6 Å². The van der Waals surface area contributed by atoms with Crippen LogP contribution in [0.15, 0.2) is 15.9 Å². The Labute approximate surface area is 164 Å². The molecule has 10 heteroatoms. The van der Waals surface area contributed by atoms with E-state index in [2.05, 4.69) is 32.2 Å². The molecule has 1 unspecified atom stereocenters. The molecule has 24 heavy (non-hydrogen) atoms. The lowest BCUT2D eigenvalue weighted by Crippen LogP contribution is -2.52. The van der Waals surface area contributed by atoms with E-state index in [1.807, 2.05) is 6.07 Å². The van der Waals surface area contributed by atoms with Crippen LogP contribution in [0.3, 0.4) is 0 Å². The van der Waals surface area contributed by atoms with E-state index in [0.29, 0.717) is 13.1 Å². The molecule has 1 atom stereocenters. The van der Waals surface area contributed by atoms with Gasteiger partial charge in [-0.3, -0.25) is 15.0 Å². The zero-order valence-electron chi connectivity index (χ0n) is 12.8. The second-order valence-electron chi connectivity index (χ2n) is 5.80. The molecule has 138 valence electrons. The van der Waals surface area contributed by atoms with Crippen LogP contribution in [-0.2, 0) is 11.3 Å². The van der Waals surface area contributed by atoms with Crippen LogP contribution in [0.4, 0.5) is 8.78 Å². The van der Waals surface area contributed by atoms with Gasteiger partial charge >= 0.3 is 0 Å². The molecular weight excluding hydrogens is 447 g/mol. The summed E-state index contributed by atoms with van der Waals surface area (Å²) in [6, 6.07) is 3.40. The maximum absolute atomic E-state index is 13.2. The van der Waals surface area contributed by atoms with Gasteiger partial charge in [0.1, 0.15) is 0 Å². The number of carbonyl (C=O) groups excluding carboxylic acids is 1. The second-order valence-corrected chi connectivity index (χ2v) is 8.35. The number of hydrogen-bond acceptors (Lipinski definition) is 4. The van der Waals surface area contributed by atoms with Crippen LogP contribution < -0.4 is 5.32 Å². The second kappa shape index (κ2) is 9.09. The van der Waals surface area contributed by atoms with Crippen molar-refractivity contribution in [2.75, 3.05) is 32.7 Å². The van der Waals surface area contributed by atoms with Crippen molar-refractivity contribution < 1.29 is 13.6 Å². The molecule has 2 aliphatic heterocycles. The Morgan fingerprint density at radius 1 is 1.29 bits per heavy atom. The van der Waals surface area contributed by atoms with Gasteiger partial charge in [-0.2, -0.15) is 0 Å². The van der Waals surface area contributed by atoms with Crippen LogP contribution in [0, 0.1) is 0 Å². The average molecular weight is 467 g/mol. The van der Waals surface area contributed by atoms with Gasteiger partial charge in [0, 0.05) is 44.0 Å². The van der Waals surface area contributed by atoms with Crippen molar-refractivity contribution in [1.29, 1.82) is 0 Å². The van der Waals surface area contributed by atoms with Gasteiger partial charge in [0.05, 0.1) is 16.4 Å². The van der Waals surface area contributed by atoms with Crippen LogP contribution in [0.25, 0.3) is 0 Å². The van der Waals surface area contributed by atoms with Crippen LogP contribution in [0.1, 0.15) is 11.3 Å². The summed E-state index contributed by atoms with van der Waals surface area (Å²) < 4.78 is 27.5. The van der Waals surface area contributed by atoms with Gasteiger partial charge in [0.2, 0.25) is 5.91 Å². The first kappa shape index (κ1) is 22.1. The van der Waals surface area contributed by atoms with Crippen molar-refractivity contribution in [3.8, 4) is 0 Å². The number of piperazine rings is 1. The number of nitrogens with one attached hydrogen (secondary N) is 1. The van der Waals surface area contributed by atoms with E-state index in [0.717, 1.165) is 23.4 Å². The number of rotatable bonds is 3. The lowest BCUT2D eigenvalue weighted by Gasteiger charge is -2.35.